The molecule has 2 rings (SSSR count). The predicted molar refractivity (Wildman–Crippen MR) is 58.8 cm³/mol. The molecule has 4 nitrogen and oxygen atoms in total. The van der Waals surface area contributed by atoms with Crippen molar-refractivity contribution >= 4 is 17.2 Å². The van der Waals surface area contributed by atoms with Gasteiger partial charge in [-0.05, 0) is 19.1 Å². The van der Waals surface area contributed by atoms with Crippen LogP contribution in [0.1, 0.15) is 21.2 Å². The van der Waals surface area contributed by atoms with Gasteiger partial charge in [0.05, 0.1) is 6.54 Å². The fraction of sp³-hybridized carbons (Fsp3) is 0.200. The smallest absolute Gasteiger partial charge is 0.268 e. The van der Waals surface area contributed by atoms with Crippen molar-refractivity contribution < 1.29 is 4.79 Å². The number of aryl methyl sites for hydroxylation is 1. The number of aromatic nitrogens is 2. The quantitative estimate of drug-likeness (QED) is 0.829. The summed E-state index contributed by atoms with van der Waals surface area (Å²) < 4.78 is 0. The van der Waals surface area contributed by atoms with Crippen molar-refractivity contribution in [2.45, 2.75) is 13.5 Å². The zero-order valence-corrected chi connectivity index (χ0v) is 9.10. The Kier molecular flexibility index (Phi) is 2.82. The van der Waals surface area contributed by atoms with Gasteiger partial charge in [0.2, 0.25) is 0 Å². The van der Waals surface area contributed by atoms with Crippen LogP contribution in [0.2, 0.25) is 0 Å². The molecule has 2 aromatic rings. The van der Waals surface area contributed by atoms with Crippen LogP contribution in [-0.2, 0) is 6.54 Å². The Labute approximate surface area is 91.4 Å². The summed E-state index contributed by atoms with van der Waals surface area (Å²) in [6.07, 6.45) is 1.72. The Hall–Kier alpha value is -1.62. The highest BCUT2D eigenvalue weighted by atomic mass is 32.1. The first-order chi connectivity index (χ1) is 7.25. The Morgan fingerprint density at radius 2 is 2.53 bits per heavy atom. The highest BCUT2D eigenvalue weighted by Gasteiger charge is 2.06. The second-order valence-electron chi connectivity index (χ2n) is 3.15. The Morgan fingerprint density at radius 3 is 3.13 bits per heavy atom. The summed E-state index contributed by atoms with van der Waals surface area (Å²) in [4.78, 5) is 18.6. The maximum atomic E-state index is 11.5. The van der Waals surface area contributed by atoms with E-state index in [1.165, 1.54) is 0 Å². The first kappa shape index (κ1) is 9.92. The normalized spacial score (nSPS) is 10.2. The lowest BCUT2D eigenvalue weighted by atomic mass is 10.4. The minimum atomic E-state index is -0.104. The molecule has 0 bridgehead atoms. The molecule has 5 heteroatoms. The predicted octanol–water partition coefficient (Wildman–Crippen LogP) is 1.71. The van der Waals surface area contributed by atoms with E-state index in [-0.39, 0.29) is 5.91 Å². The van der Waals surface area contributed by atoms with Gasteiger partial charge in [0.25, 0.3) is 5.91 Å². The van der Waals surface area contributed by atoms with E-state index in [2.05, 4.69) is 15.3 Å². The van der Waals surface area contributed by atoms with Gasteiger partial charge in [-0.1, -0.05) is 0 Å². The van der Waals surface area contributed by atoms with E-state index in [1.54, 1.807) is 29.7 Å². The van der Waals surface area contributed by atoms with E-state index in [0.717, 1.165) is 10.7 Å². The fourth-order valence-corrected chi connectivity index (χ4v) is 1.92. The zero-order chi connectivity index (χ0) is 10.7. The number of carbonyl (C=O) groups is 1. The Morgan fingerprint density at radius 1 is 1.67 bits per heavy atom. The van der Waals surface area contributed by atoms with Crippen LogP contribution in [0.15, 0.2) is 23.7 Å². The molecule has 0 atom stereocenters. The third-order valence-electron chi connectivity index (χ3n) is 1.91. The van der Waals surface area contributed by atoms with Gasteiger partial charge in [0, 0.05) is 17.3 Å². The van der Waals surface area contributed by atoms with Gasteiger partial charge >= 0.3 is 0 Å². The van der Waals surface area contributed by atoms with E-state index in [1.807, 2.05) is 12.3 Å². The van der Waals surface area contributed by atoms with Crippen molar-refractivity contribution in [3.8, 4) is 0 Å². The van der Waals surface area contributed by atoms with Crippen molar-refractivity contribution in [2.24, 2.45) is 0 Å². The number of aromatic amines is 1. The van der Waals surface area contributed by atoms with Gasteiger partial charge < -0.3 is 10.3 Å². The molecule has 0 radical (unpaired) electrons. The molecular weight excluding hydrogens is 210 g/mol. The van der Waals surface area contributed by atoms with E-state index in [0.29, 0.717) is 12.2 Å². The van der Waals surface area contributed by atoms with E-state index in [9.17, 15) is 4.79 Å². The summed E-state index contributed by atoms with van der Waals surface area (Å²) in [6.45, 7) is 2.42. The largest absolute Gasteiger partial charge is 0.357 e. The van der Waals surface area contributed by atoms with Gasteiger partial charge in [-0.25, -0.2) is 4.98 Å². The van der Waals surface area contributed by atoms with Crippen LogP contribution >= 0.6 is 11.3 Å². The Bertz CT molecular complexity index is 447. The lowest BCUT2D eigenvalue weighted by molar-refractivity contribution is 0.0946. The van der Waals surface area contributed by atoms with Gasteiger partial charge in [-0.2, -0.15) is 0 Å². The molecule has 0 saturated heterocycles. The van der Waals surface area contributed by atoms with E-state index < -0.39 is 0 Å². The summed E-state index contributed by atoms with van der Waals surface area (Å²) in [7, 11) is 0. The van der Waals surface area contributed by atoms with E-state index >= 15 is 0 Å². The molecule has 1 amide bonds. The SMILES string of the molecule is Cc1csc(CNC(=O)c2ccc[nH]2)n1. The average molecular weight is 221 g/mol. The molecule has 0 spiro atoms. The highest BCUT2D eigenvalue weighted by Crippen LogP contribution is 2.08. The van der Waals surface area contributed by atoms with Gasteiger partial charge in [-0.15, -0.1) is 11.3 Å². The fourth-order valence-electron chi connectivity index (χ4n) is 1.21. The summed E-state index contributed by atoms with van der Waals surface area (Å²) in [6, 6.07) is 3.53. The van der Waals surface area contributed by atoms with Crippen LogP contribution < -0.4 is 5.32 Å². The third kappa shape index (κ3) is 2.44. The first-order valence-corrected chi connectivity index (χ1v) is 5.46. The van der Waals surface area contributed by atoms with Crippen LogP contribution in [0.3, 0.4) is 0 Å². The number of H-pyrrole nitrogens is 1. The number of rotatable bonds is 3. The minimum Gasteiger partial charge on any atom is -0.357 e. The van der Waals surface area contributed by atoms with Crippen LogP contribution in [0, 0.1) is 6.92 Å². The molecule has 2 aromatic heterocycles. The molecule has 0 fully saturated rings. The van der Waals surface area contributed by atoms with Gasteiger partial charge in [0.1, 0.15) is 10.7 Å². The van der Waals surface area contributed by atoms with Crippen LogP contribution in [-0.4, -0.2) is 15.9 Å². The number of hydrogen-bond donors (Lipinski definition) is 2. The zero-order valence-electron chi connectivity index (χ0n) is 8.28. The standard InChI is InChI=1S/C10H11N3OS/c1-7-6-15-9(13-7)5-12-10(14)8-3-2-4-11-8/h2-4,6,11H,5H2,1H3,(H,12,14). The minimum absolute atomic E-state index is 0.104. The molecule has 2 N–H and O–H groups in total. The molecule has 2 heterocycles. The van der Waals surface area contributed by atoms with Crippen LogP contribution in [0.4, 0.5) is 0 Å². The lowest BCUT2D eigenvalue weighted by Crippen LogP contribution is -2.22. The molecule has 78 valence electrons. The summed E-state index contributed by atoms with van der Waals surface area (Å²) >= 11 is 1.55. The maximum Gasteiger partial charge on any atom is 0.268 e. The average Bonchev–Trinajstić information content (AvgIpc) is 2.84. The van der Waals surface area contributed by atoms with Crippen molar-refractivity contribution in [3.05, 3.63) is 40.1 Å². The first-order valence-electron chi connectivity index (χ1n) is 4.58. The lowest BCUT2D eigenvalue weighted by Gasteiger charge is -2.00. The molecule has 0 unspecified atom stereocenters. The number of amides is 1. The van der Waals surface area contributed by atoms with Crippen molar-refractivity contribution in [2.75, 3.05) is 0 Å². The Balaban J connectivity index is 1.91. The molecular formula is C10H11N3OS. The topological polar surface area (TPSA) is 57.8 Å². The molecule has 0 aliphatic carbocycles. The van der Waals surface area contributed by atoms with Crippen molar-refractivity contribution in [3.63, 3.8) is 0 Å². The second kappa shape index (κ2) is 4.27. The summed E-state index contributed by atoms with van der Waals surface area (Å²) in [5, 5.41) is 5.68. The number of nitrogens with zero attached hydrogens (tertiary/aromatic N) is 1. The highest BCUT2D eigenvalue weighted by molar-refractivity contribution is 7.09. The molecule has 0 aliphatic heterocycles. The maximum absolute atomic E-state index is 11.5. The number of carbonyl (C=O) groups excluding carboxylic acids is 1. The van der Waals surface area contributed by atoms with Crippen molar-refractivity contribution in [1.29, 1.82) is 0 Å². The number of thiazole rings is 1. The second-order valence-corrected chi connectivity index (χ2v) is 4.09. The number of hydrogen-bond acceptors (Lipinski definition) is 3. The molecule has 0 aliphatic rings. The third-order valence-corrected chi connectivity index (χ3v) is 2.88. The van der Waals surface area contributed by atoms with Gasteiger partial charge in [-0.3, -0.25) is 4.79 Å². The molecule has 0 saturated carbocycles. The summed E-state index contributed by atoms with van der Waals surface area (Å²) in [5.41, 5.74) is 1.56. The summed E-state index contributed by atoms with van der Waals surface area (Å²) in [5.74, 6) is -0.104. The monoisotopic (exact) mass is 221 g/mol. The van der Waals surface area contributed by atoms with Gasteiger partial charge in [0.15, 0.2) is 0 Å². The van der Waals surface area contributed by atoms with Crippen LogP contribution in [0.25, 0.3) is 0 Å². The van der Waals surface area contributed by atoms with Crippen LogP contribution in [0.5, 0.6) is 0 Å². The number of nitrogens with one attached hydrogen (secondary N) is 2. The van der Waals surface area contributed by atoms with E-state index in [4.69, 9.17) is 0 Å². The molecule has 0 aromatic carbocycles. The molecule has 15 heavy (non-hydrogen) atoms. The van der Waals surface area contributed by atoms with Crippen molar-refractivity contribution in [1.82, 2.24) is 15.3 Å².